The number of esters is 3. The Morgan fingerprint density at radius 2 is 1.15 bits per heavy atom. The van der Waals surface area contributed by atoms with E-state index in [0.29, 0.717) is 58.0 Å². The van der Waals surface area contributed by atoms with Gasteiger partial charge in [-0.2, -0.15) is 0 Å². The SMILES string of the molecule is COCOc1cc2oc(C=O)cc2c2c1C(=O)O[C@@H](C)[C@H](C)/C=C\C(C)[C@H]1OC(C)(C)O[C@H]1CC=C2.COCOc1cc2oc(CO)cc2c2c1C(=O)O[C@@H](C)[C@H](C)/C=C\C(OC(C)=O)[C@H]1OC(C)(C)O[C@H]1CC=C2. The highest BCUT2D eigenvalue weighted by Gasteiger charge is 2.46. The Labute approximate surface area is 436 Å². The van der Waals surface area contributed by atoms with Crippen LogP contribution >= 0.6 is 0 Å². The summed E-state index contributed by atoms with van der Waals surface area (Å²) in [6.45, 7) is 17.9. The average molecular weight is 1040 g/mol. The summed E-state index contributed by atoms with van der Waals surface area (Å²) in [5.74, 6) is -2.39. The highest BCUT2D eigenvalue weighted by Crippen LogP contribution is 2.40. The largest absolute Gasteiger partial charge is 0.466 e. The lowest BCUT2D eigenvalue weighted by Crippen LogP contribution is -2.37. The van der Waals surface area contributed by atoms with Crippen LogP contribution in [0.4, 0.5) is 0 Å². The highest BCUT2D eigenvalue weighted by molar-refractivity contribution is 6.06. The summed E-state index contributed by atoms with van der Waals surface area (Å²) in [5, 5.41) is 10.9. The van der Waals surface area contributed by atoms with Gasteiger partial charge in [0, 0.05) is 72.9 Å². The quantitative estimate of drug-likeness (QED) is 0.0542. The molecule has 406 valence electrons. The molecule has 18 nitrogen and oxygen atoms in total. The summed E-state index contributed by atoms with van der Waals surface area (Å²) in [7, 11) is 2.97. The molecule has 0 saturated carbocycles. The Hall–Kier alpha value is -6.12. The molecule has 4 aromatic rings. The number of aldehydes is 1. The van der Waals surface area contributed by atoms with Crippen molar-refractivity contribution in [3.63, 3.8) is 0 Å². The van der Waals surface area contributed by atoms with Gasteiger partial charge in [-0.1, -0.05) is 63.3 Å². The van der Waals surface area contributed by atoms with Crippen molar-refractivity contribution in [3.8, 4) is 11.5 Å². The summed E-state index contributed by atoms with van der Waals surface area (Å²) in [6, 6.07) is 6.47. The number of hydrogen-bond acceptors (Lipinski definition) is 18. The second-order valence-electron chi connectivity index (χ2n) is 20.1. The molecule has 2 saturated heterocycles. The van der Waals surface area contributed by atoms with Crippen molar-refractivity contribution in [1.29, 1.82) is 0 Å². The number of cyclic esters (lactones) is 2. The fourth-order valence-corrected chi connectivity index (χ4v) is 9.40. The zero-order chi connectivity index (χ0) is 54.4. The van der Waals surface area contributed by atoms with Crippen molar-refractivity contribution < 1.29 is 85.2 Å². The molecule has 10 atom stereocenters. The number of carbonyl (C=O) groups excluding carboxylic acids is 4. The van der Waals surface area contributed by atoms with Crippen molar-refractivity contribution >= 4 is 58.3 Å². The van der Waals surface area contributed by atoms with Crippen LogP contribution in [-0.2, 0) is 54.0 Å². The Morgan fingerprint density at radius 3 is 1.65 bits per heavy atom. The molecule has 18 heteroatoms. The topological polar surface area (TPSA) is 216 Å². The molecule has 75 heavy (non-hydrogen) atoms. The van der Waals surface area contributed by atoms with Crippen molar-refractivity contribution in [3.05, 3.63) is 94.5 Å². The monoisotopic (exact) mass is 1040 g/mol. The number of methoxy groups -OCH3 is 2. The van der Waals surface area contributed by atoms with Gasteiger partial charge in [0.15, 0.2) is 37.2 Å². The molecule has 0 radical (unpaired) electrons. The summed E-state index contributed by atoms with van der Waals surface area (Å²) in [6.07, 6.45) is 13.7. The van der Waals surface area contributed by atoms with Gasteiger partial charge in [-0.15, -0.1) is 0 Å². The van der Waals surface area contributed by atoms with Crippen LogP contribution < -0.4 is 9.47 Å². The summed E-state index contributed by atoms with van der Waals surface area (Å²) in [4.78, 5) is 50.5. The minimum absolute atomic E-state index is 0.0465. The number of furan rings is 2. The predicted octanol–water partition coefficient (Wildman–Crippen LogP) is 10.1. The number of fused-ring (bicyclic) bond motifs is 8. The molecule has 0 aliphatic carbocycles. The zero-order valence-electron chi connectivity index (χ0n) is 44.7. The molecule has 8 rings (SSSR count). The van der Waals surface area contributed by atoms with E-state index in [-0.39, 0.29) is 78.5 Å². The van der Waals surface area contributed by atoms with Gasteiger partial charge >= 0.3 is 17.9 Å². The molecular weight excluding hydrogens is 973 g/mol. The molecule has 2 aromatic heterocycles. The highest BCUT2D eigenvalue weighted by atomic mass is 16.8. The number of aliphatic hydroxyl groups excluding tert-OH is 1. The van der Waals surface area contributed by atoms with Crippen LogP contribution in [-0.4, -0.2) is 111 Å². The predicted molar refractivity (Wildman–Crippen MR) is 275 cm³/mol. The lowest BCUT2D eigenvalue weighted by molar-refractivity contribution is -0.165. The number of benzene rings is 2. The van der Waals surface area contributed by atoms with E-state index < -0.39 is 60.0 Å². The number of aliphatic hydroxyl groups is 1. The summed E-state index contributed by atoms with van der Waals surface area (Å²) < 4.78 is 75.3. The Kier molecular flexibility index (Phi) is 18.3. The van der Waals surface area contributed by atoms with Crippen molar-refractivity contribution in [2.45, 2.75) is 143 Å². The van der Waals surface area contributed by atoms with E-state index in [1.165, 1.54) is 21.1 Å². The maximum Gasteiger partial charge on any atom is 0.342 e. The first kappa shape index (κ1) is 56.6. The molecule has 2 aromatic carbocycles. The normalized spacial score (nSPS) is 28.4. The Balaban J connectivity index is 0.000000219. The van der Waals surface area contributed by atoms with Gasteiger partial charge in [0.1, 0.15) is 70.6 Å². The third kappa shape index (κ3) is 13.5. The fraction of sp³-hybridized carbons (Fsp3) is 0.509. The second-order valence-corrected chi connectivity index (χ2v) is 20.1. The molecule has 1 N–H and O–H groups in total. The van der Waals surface area contributed by atoms with E-state index in [4.69, 9.17) is 60.9 Å². The zero-order valence-corrected chi connectivity index (χ0v) is 44.7. The Bertz CT molecular complexity index is 2810. The van der Waals surface area contributed by atoms with E-state index in [1.807, 2.05) is 72.8 Å². The van der Waals surface area contributed by atoms with Crippen LogP contribution in [0.1, 0.15) is 130 Å². The first-order valence-electron chi connectivity index (χ1n) is 25.2. The van der Waals surface area contributed by atoms with Crippen molar-refractivity contribution in [2.75, 3.05) is 27.8 Å². The minimum Gasteiger partial charge on any atom is -0.466 e. The average Bonchev–Trinajstić information content (AvgIpc) is 4.13. The van der Waals surface area contributed by atoms with Crippen LogP contribution in [0.15, 0.2) is 69.6 Å². The molecule has 0 amide bonds. The number of ether oxygens (including phenoxy) is 11. The minimum atomic E-state index is -0.895. The van der Waals surface area contributed by atoms with Gasteiger partial charge in [-0.25, -0.2) is 9.59 Å². The van der Waals surface area contributed by atoms with Gasteiger partial charge in [0.2, 0.25) is 0 Å². The van der Waals surface area contributed by atoms with Crippen LogP contribution in [0.25, 0.3) is 34.1 Å². The van der Waals surface area contributed by atoms with Gasteiger partial charge in [-0.05, 0) is 72.6 Å². The van der Waals surface area contributed by atoms with Gasteiger partial charge in [0.25, 0.3) is 0 Å². The van der Waals surface area contributed by atoms with E-state index in [0.717, 1.165) is 0 Å². The van der Waals surface area contributed by atoms with E-state index in [2.05, 4.69) is 19.1 Å². The van der Waals surface area contributed by atoms with Crippen LogP contribution in [0.2, 0.25) is 0 Å². The van der Waals surface area contributed by atoms with Gasteiger partial charge in [-0.3, -0.25) is 9.59 Å². The molecule has 6 heterocycles. The molecule has 4 aliphatic heterocycles. The van der Waals surface area contributed by atoms with Crippen LogP contribution in [0.5, 0.6) is 11.5 Å². The number of hydrogen-bond donors (Lipinski definition) is 1. The first-order valence-corrected chi connectivity index (χ1v) is 25.2. The molecule has 0 spiro atoms. The van der Waals surface area contributed by atoms with Crippen LogP contribution in [0, 0.1) is 17.8 Å². The summed E-state index contributed by atoms with van der Waals surface area (Å²) >= 11 is 0. The van der Waals surface area contributed by atoms with E-state index in [1.54, 1.807) is 43.3 Å². The van der Waals surface area contributed by atoms with Crippen LogP contribution in [0.3, 0.4) is 0 Å². The molecule has 2 unspecified atom stereocenters. The molecular formula is C57H70O18. The number of carbonyl (C=O) groups is 4. The van der Waals surface area contributed by atoms with E-state index >= 15 is 0 Å². The maximum atomic E-state index is 13.6. The Morgan fingerprint density at radius 1 is 0.667 bits per heavy atom. The molecule has 2 fully saturated rings. The second kappa shape index (κ2) is 24.3. The smallest absolute Gasteiger partial charge is 0.342 e. The third-order valence-corrected chi connectivity index (χ3v) is 13.4. The molecule has 0 bridgehead atoms. The molecule has 4 aliphatic rings. The van der Waals surface area contributed by atoms with Crippen molar-refractivity contribution in [1.82, 2.24) is 0 Å². The van der Waals surface area contributed by atoms with E-state index in [9.17, 15) is 24.3 Å². The maximum absolute atomic E-state index is 13.6. The lowest BCUT2D eigenvalue weighted by atomic mass is 9.94. The number of rotatable bonds is 9. The standard InChI is InChI=1S/C29H36O10.C28H34O8/c1-16-10-11-22(36-18(3)31)27-23(38-29(4,5)39-27)9-7-8-20-21-12-19(14-30)37-24(21)13-25(34-15-33-6)26(20)28(32)35-17(16)2;1-16-10-11-17(2)26-22(35-28(4,5)36-26)9-7-8-20-21-12-19(14-29)34-23(21)13-24(32-15-31-6)25(20)27(30)33-18(16)3/h7-8,10-13,16-17,22-23,27,30H,9,14-15H2,1-6H3;7-8,10-14,16-18,22,26H,9,15H2,1-6H3/b2*8-7?,11-10-/t16-,17+,22?,23+,27-;16-,17?,18+,22+,26-/m11/s1. The van der Waals surface area contributed by atoms with Gasteiger partial charge in [0.05, 0.1) is 18.3 Å². The lowest BCUT2D eigenvalue weighted by Gasteiger charge is -2.25. The summed E-state index contributed by atoms with van der Waals surface area (Å²) in [5.41, 5.74) is 2.34. The first-order chi connectivity index (χ1) is 35.7. The fourth-order valence-electron chi connectivity index (χ4n) is 9.40. The third-order valence-electron chi connectivity index (χ3n) is 13.4. The van der Waals surface area contributed by atoms with Crippen molar-refractivity contribution in [2.24, 2.45) is 17.8 Å². The van der Waals surface area contributed by atoms with Gasteiger partial charge < -0.3 is 66.0 Å².